The summed E-state index contributed by atoms with van der Waals surface area (Å²) >= 11 is 0. The summed E-state index contributed by atoms with van der Waals surface area (Å²) in [4.78, 5) is 27.0. The van der Waals surface area contributed by atoms with Crippen LogP contribution in [0.1, 0.15) is 24.0 Å². The Hall–Kier alpha value is -1.50. The zero-order valence-corrected chi connectivity index (χ0v) is 15.2. The number of anilines is 1. The Bertz CT molecular complexity index is 604. The number of likely N-dealkylation sites (tertiary alicyclic amines) is 1. The summed E-state index contributed by atoms with van der Waals surface area (Å²) in [7, 11) is 0. The minimum atomic E-state index is -0.309. The smallest absolute Gasteiger partial charge is 0.414 e. The van der Waals surface area contributed by atoms with Crippen molar-refractivity contribution < 1.29 is 14.3 Å². The molecule has 8 heteroatoms. The number of fused-ring (bicyclic) bond motifs is 1. The van der Waals surface area contributed by atoms with Crippen LogP contribution in [0.4, 0.5) is 10.5 Å². The van der Waals surface area contributed by atoms with Crippen molar-refractivity contribution in [1.29, 1.82) is 0 Å². The van der Waals surface area contributed by atoms with Crippen LogP contribution in [0, 0.1) is 6.92 Å². The van der Waals surface area contributed by atoms with Gasteiger partial charge in [-0.25, -0.2) is 4.79 Å². The van der Waals surface area contributed by atoms with Gasteiger partial charge in [-0.2, -0.15) is 0 Å². The van der Waals surface area contributed by atoms with Crippen LogP contribution in [0.3, 0.4) is 0 Å². The van der Waals surface area contributed by atoms with Crippen molar-refractivity contribution in [3.05, 3.63) is 29.3 Å². The lowest BCUT2D eigenvalue weighted by Gasteiger charge is -2.40. The number of hydrogen-bond donors (Lipinski definition) is 1. The summed E-state index contributed by atoms with van der Waals surface area (Å²) in [6, 6.07) is 6.20. The number of nitrogens with two attached hydrogens (primary N) is 1. The Labute approximate surface area is 154 Å². The van der Waals surface area contributed by atoms with Gasteiger partial charge in [0, 0.05) is 24.7 Å². The van der Waals surface area contributed by atoms with Gasteiger partial charge in [0.25, 0.3) is 0 Å². The van der Waals surface area contributed by atoms with Gasteiger partial charge in [0.15, 0.2) is 0 Å². The van der Waals surface area contributed by atoms with Gasteiger partial charge in [-0.05, 0) is 25.8 Å². The van der Waals surface area contributed by atoms with Crippen LogP contribution in [0.15, 0.2) is 18.2 Å². The number of piperidine rings is 1. The zero-order valence-electron chi connectivity index (χ0n) is 13.6. The van der Waals surface area contributed by atoms with Crippen LogP contribution in [0.5, 0.6) is 0 Å². The summed E-state index contributed by atoms with van der Waals surface area (Å²) in [6.45, 7) is 4.18. The number of primary amides is 1. The first kappa shape index (κ1) is 20.5. The van der Waals surface area contributed by atoms with Crippen LogP contribution in [-0.4, -0.2) is 42.6 Å². The van der Waals surface area contributed by atoms with Gasteiger partial charge in [-0.15, -0.1) is 24.8 Å². The number of amides is 2. The summed E-state index contributed by atoms with van der Waals surface area (Å²) in [5.41, 5.74) is 8.40. The number of hydrogen-bond acceptors (Lipinski definition) is 4. The molecule has 2 aliphatic heterocycles. The Morgan fingerprint density at radius 2 is 1.96 bits per heavy atom. The summed E-state index contributed by atoms with van der Waals surface area (Å²) in [6.07, 6.45) is 1.36. The quantitative estimate of drug-likeness (QED) is 0.878. The van der Waals surface area contributed by atoms with E-state index in [4.69, 9.17) is 10.5 Å². The van der Waals surface area contributed by atoms with Crippen molar-refractivity contribution in [2.75, 3.05) is 24.5 Å². The van der Waals surface area contributed by atoms with Crippen LogP contribution in [0.2, 0.25) is 0 Å². The fraction of sp³-hybridized carbons (Fsp3) is 0.500. The molecule has 0 radical (unpaired) electrons. The van der Waals surface area contributed by atoms with Gasteiger partial charge in [-0.3, -0.25) is 14.6 Å². The molecule has 2 N–H and O–H groups in total. The molecular formula is C16H23Cl2N3O3. The molecule has 1 fully saturated rings. The molecule has 1 saturated heterocycles. The predicted octanol–water partition coefficient (Wildman–Crippen LogP) is 2.24. The Morgan fingerprint density at radius 1 is 1.29 bits per heavy atom. The van der Waals surface area contributed by atoms with Gasteiger partial charge in [0.2, 0.25) is 5.91 Å². The van der Waals surface area contributed by atoms with Crippen LogP contribution >= 0.6 is 24.8 Å². The van der Waals surface area contributed by atoms with Gasteiger partial charge >= 0.3 is 6.09 Å². The highest BCUT2D eigenvalue weighted by molar-refractivity contribution is 5.91. The summed E-state index contributed by atoms with van der Waals surface area (Å²) in [5.74, 6) is -0.309. The third-order valence-electron chi connectivity index (χ3n) is 4.34. The summed E-state index contributed by atoms with van der Waals surface area (Å²) in [5, 5.41) is 0. The number of halogens is 2. The third kappa shape index (κ3) is 4.32. The van der Waals surface area contributed by atoms with E-state index in [0.717, 1.165) is 42.7 Å². The zero-order chi connectivity index (χ0) is 15.7. The molecule has 0 spiro atoms. The number of cyclic esters (lactones) is 1. The molecule has 0 atom stereocenters. The van der Waals surface area contributed by atoms with E-state index in [1.54, 1.807) is 4.90 Å². The van der Waals surface area contributed by atoms with Crippen molar-refractivity contribution in [1.82, 2.24) is 4.90 Å². The van der Waals surface area contributed by atoms with Gasteiger partial charge in [-0.1, -0.05) is 17.7 Å². The monoisotopic (exact) mass is 375 g/mol. The number of aryl methyl sites for hydroxylation is 1. The fourth-order valence-corrected chi connectivity index (χ4v) is 3.27. The Morgan fingerprint density at radius 3 is 2.58 bits per heavy atom. The van der Waals surface area contributed by atoms with Crippen LogP contribution in [0.25, 0.3) is 0 Å². The highest BCUT2D eigenvalue weighted by Crippen LogP contribution is 2.32. The number of ether oxygens (including phenoxy) is 1. The van der Waals surface area contributed by atoms with Crippen molar-refractivity contribution >= 4 is 42.5 Å². The molecule has 1 aromatic carbocycles. The lowest BCUT2D eigenvalue weighted by atomic mass is 10.00. The van der Waals surface area contributed by atoms with E-state index in [1.165, 1.54) is 0 Å². The van der Waals surface area contributed by atoms with E-state index < -0.39 is 0 Å². The Balaban J connectivity index is 0.00000144. The van der Waals surface area contributed by atoms with E-state index >= 15 is 0 Å². The second-order valence-corrected chi connectivity index (χ2v) is 6.03. The topological polar surface area (TPSA) is 75.9 Å². The predicted molar refractivity (Wildman–Crippen MR) is 97.0 cm³/mol. The molecule has 2 heterocycles. The molecule has 2 aliphatic rings. The lowest BCUT2D eigenvalue weighted by molar-refractivity contribution is -0.119. The van der Waals surface area contributed by atoms with E-state index in [0.29, 0.717) is 6.61 Å². The SMILES string of the molecule is Cc1ccc2c(c1)COC(=O)N2C1CCN(CC(N)=O)CC1.Cl.Cl. The molecule has 0 saturated carbocycles. The minimum Gasteiger partial charge on any atom is -0.444 e. The standard InChI is InChI=1S/C16H21N3O3.2ClH/c1-11-2-3-14-12(8-11)10-22-16(21)19(14)13-4-6-18(7-5-13)9-15(17)20;;/h2-3,8,13H,4-7,9-10H2,1H3,(H2,17,20);2*1H. The van der Waals surface area contributed by atoms with Crippen molar-refractivity contribution in [2.45, 2.75) is 32.4 Å². The van der Waals surface area contributed by atoms with Crippen molar-refractivity contribution in [3.8, 4) is 0 Å². The van der Waals surface area contributed by atoms with Crippen molar-refractivity contribution in [2.24, 2.45) is 5.73 Å². The molecule has 2 amide bonds. The van der Waals surface area contributed by atoms with E-state index in [2.05, 4.69) is 6.07 Å². The highest BCUT2D eigenvalue weighted by Gasteiger charge is 2.34. The maximum absolute atomic E-state index is 12.2. The maximum Gasteiger partial charge on any atom is 0.414 e. The summed E-state index contributed by atoms with van der Waals surface area (Å²) < 4.78 is 5.32. The average molecular weight is 376 g/mol. The van der Waals surface area contributed by atoms with Gasteiger partial charge in [0.05, 0.1) is 12.2 Å². The molecule has 0 bridgehead atoms. The second kappa shape index (κ2) is 8.55. The molecular weight excluding hydrogens is 353 g/mol. The third-order valence-corrected chi connectivity index (χ3v) is 4.34. The lowest BCUT2D eigenvalue weighted by Crippen LogP contribution is -2.50. The minimum absolute atomic E-state index is 0. The first-order valence-electron chi connectivity index (χ1n) is 7.61. The Kier molecular flexibility index (Phi) is 7.32. The molecule has 6 nitrogen and oxygen atoms in total. The fourth-order valence-electron chi connectivity index (χ4n) is 3.27. The molecule has 0 aromatic heterocycles. The van der Waals surface area contributed by atoms with E-state index in [-0.39, 0.29) is 49.4 Å². The van der Waals surface area contributed by atoms with E-state index in [1.807, 2.05) is 24.0 Å². The van der Waals surface area contributed by atoms with E-state index in [9.17, 15) is 9.59 Å². The largest absolute Gasteiger partial charge is 0.444 e. The average Bonchev–Trinajstić information content (AvgIpc) is 2.48. The number of carbonyl (C=O) groups excluding carboxylic acids is 2. The van der Waals surface area contributed by atoms with Crippen LogP contribution in [-0.2, 0) is 16.1 Å². The number of carbonyl (C=O) groups is 2. The second-order valence-electron chi connectivity index (χ2n) is 6.03. The molecule has 3 rings (SSSR count). The molecule has 24 heavy (non-hydrogen) atoms. The maximum atomic E-state index is 12.2. The molecule has 0 unspecified atom stereocenters. The normalized spacial score (nSPS) is 18.0. The number of rotatable bonds is 3. The first-order valence-corrected chi connectivity index (χ1v) is 7.61. The highest BCUT2D eigenvalue weighted by atomic mass is 35.5. The van der Waals surface area contributed by atoms with Crippen LogP contribution < -0.4 is 10.6 Å². The first-order chi connectivity index (χ1) is 10.5. The number of benzene rings is 1. The number of nitrogens with zero attached hydrogens (tertiary/aromatic N) is 2. The molecule has 134 valence electrons. The van der Waals surface area contributed by atoms with Gasteiger partial charge < -0.3 is 10.5 Å². The molecule has 0 aliphatic carbocycles. The van der Waals surface area contributed by atoms with Gasteiger partial charge in [0.1, 0.15) is 6.61 Å². The molecule has 1 aromatic rings. The van der Waals surface area contributed by atoms with Crippen molar-refractivity contribution in [3.63, 3.8) is 0 Å².